The van der Waals surface area contributed by atoms with E-state index in [-0.39, 0.29) is 54.6 Å². The largest absolute Gasteiger partial charge is 2.00 e. The third-order valence-corrected chi connectivity index (χ3v) is 2.77. The second kappa shape index (κ2) is 15.3. The number of aryl methyl sites for hydroxylation is 1. The summed E-state index contributed by atoms with van der Waals surface area (Å²) in [6.45, 7) is 2.23. The minimum atomic E-state index is -2.33. The molecule has 0 aromatic heterocycles. The maximum absolute atomic E-state index is 11.4. The fourth-order valence-corrected chi connectivity index (χ4v) is 1.81. The number of carbonyl (C=O) groups is 1. The Balaban J connectivity index is 0. The molecule has 1 aromatic carbocycles. The van der Waals surface area contributed by atoms with Crippen molar-refractivity contribution < 1.29 is 20.1 Å². The van der Waals surface area contributed by atoms with E-state index < -0.39 is 6.16 Å². The quantitative estimate of drug-likeness (QED) is 0.499. The van der Waals surface area contributed by atoms with Crippen LogP contribution in [0.3, 0.4) is 0 Å². The maximum Gasteiger partial charge on any atom is 2.00 e. The second-order valence-corrected chi connectivity index (χ2v) is 4.38. The van der Waals surface area contributed by atoms with Crippen molar-refractivity contribution in [3.63, 3.8) is 0 Å². The molecule has 0 radical (unpaired) electrons. The number of carboxylic acid groups (broad SMARTS) is 2. The van der Waals surface area contributed by atoms with Crippen LogP contribution in [0.1, 0.15) is 51.0 Å². The van der Waals surface area contributed by atoms with Crippen molar-refractivity contribution >= 4 is 55.0 Å². The zero-order valence-electron chi connectivity index (χ0n) is 12.1. The third kappa shape index (κ3) is 14.3. The van der Waals surface area contributed by atoms with Gasteiger partial charge in [-0.15, -0.1) is 5.75 Å². The summed E-state index contributed by atoms with van der Waals surface area (Å²) in [5.74, 6) is 0.200. The summed E-state index contributed by atoms with van der Waals surface area (Å²) in [5.41, 5.74) is 0.980. The van der Waals surface area contributed by atoms with E-state index in [0.717, 1.165) is 18.4 Å². The molecule has 1 aromatic rings. The number of hydrogen-bond acceptors (Lipinski definition) is 4. The summed E-state index contributed by atoms with van der Waals surface area (Å²) in [5, 5.41) is 28.1. The van der Waals surface area contributed by atoms with Crippen molar-refractivity contribution in [1.82, 2.24) is 0 Å². The summed E-state index contributed by atoms with van der Waals surface area (Å²) in [6, 6.07) is 7.38. The average Bonchev–Trinajstić information content (AvgIpc) is 2.35. The van der Waals surface area contributed by atoms with Crippen LogP contribution in [0.4, 0.5) is 4.79 Å². The standard InChI is InChI=1S/C14H22O.CH2O3.Ba/c1-2-3-4-5-6-7-10-13-11-8-9-12-14(13)15;2-1(3)4;/h8-9,11-12,15H,2-7,10H2,1H3;(H2,2,3,4);/q;;+2/p-3. The molecule has 4 nitrogen and oxygen atoms in total. The first-order valence-electron chi connectivity index (χ1n) is 6.70. The van der Waals surface area contributed by atoms with Crippen LogP contribution in [0.2, 0.25) is 0 Å². The Hall–Kier alpha value is -0.139. The molecule has 0 fully saturated rings. The van der Waals surface area contributed by atoms with E-state index in [4.69, 9.17) is 15.0 Å². The molecule has 0 atom stereocenters. The summed E-state index contributed by atoms with van der Waals surface area (Å²) in [7, 11) is 0. The van der Waals surface area contributed by atoms with Crippen LogP contribution in [0.15, 0.2) is 24.3 Å². The van der Waals surface area contributed by atoms with Gasteiger partial charge in [-0.05, 0) is 19.0 Å². The Kier molecular flexibility index (Phi) is 16.9. The Morgan fingerprint density at radius 1 is 1.00 bits per heavy atom. The van der Waals surface area contributed by atoms with E-state index in [1.54, 1.807) is 6.07 Å². The summed E-state index contributed by atoms with van der Waals surface area (Å²) < 4.78 is 0. The molecule has 0 saturated heterocycles. The molecule has 0 unspecified atom stereocenters. The van der Waals surface area contributed by atoms with Gasteiger partial charge in [0.25, 0.3) is 0 Å². The zero-order chi connectivity index (χ0) is 14.5. The van der Waals surface area contributed by atoms with Crippen molar-refractivity contribution in [2.24, 2.45) is 0 Å². The van der Waals surface area contributed by atoms with Gasteiger partial charge < -0.3 is 20.1 Å². The Morgan fingerprint density at radius 2 is 1.50 bits per heavy atom. The Labute approximate surface area is 161 Å². The van der Waals surface area contributed by atoms with Gasteiger partial charge in [0.15, 0.2) is 0 Å². The Morgan fingerprint density at radius 3 is 2.05 bits per heavy atom. The first kappa shape index (κ1) is 22.1. The van der Waals surface area contributed by atoms with Crippen LogP contribution in [-0.2, 0) is 6.42 Å². The van der Waals surface area contributed by atoms with Crippen LogP contribution in [-0.4, -0.2) is 55.0 Å². The normalized spacial score (nSPS) is 9.05. The third-order valence-electron chi connectivity index (χ3n) is 2.77. The van der Waals surface area contributed by atoms with Gasteiger partial charge >= 0.3 is 48.9 Å². The van der Waals surface area contributed by atoms with E-state index in [0.29, 0.717) is 0 Å². The fourth-order valence-electron chi connectivity index (χ4n) is 1.81. The molecule has 108 valence electrons. The van der Waals surface area contributed by atoms with E-state index in [9.17, 15) is 5.11 Å². The molecule has 0 N–H and O–H groups in total. The molecule has 0 spiro atoms. The Bertz CT molecular complexity index is 351. The molecule has 0 bridgehead atoms. The number of benzene rings is 1. The summed E-state index contributed by atoms with van der Waals surface area (Å²) >= 11 is 0. The number of carbonyl (C=O) groups excluding carboxylic acids is 1. The van der Waals surface area contributed by atoms with Crippen molar-refractivity contribution in [3.05, 3.63) is 29.8 Å². The van der Waals surface area contributed by atoms with E-state index in [1.807, 2.05) is 18.2 Å². The van der Waals surface area contributed by atoms with E-state index in [1.165, 1.54) is 32.1 Å². The molecular formula is C15H21BaO4-. The molecule has 20 heavy (non-hydrogen) atoms. The molecule has 0 aliphatic carbocycles. The minimum absolute atomic E-state index is 0. The average molecular weight is 403 g/mol. The van der Waals surface area contributed by atoms with Crippen molar-refractivity contribution in [2.75, 3.05) is 0 Å². The first-order valence-corrected chi connectivity index (χ1v) is 6.70. The van der Waals surface area contributed by atoms with Gasteiger partial charge in [-0.1, -0.05) is 68.9 Å². The van der Waals surface area contributed by atoms with Gasteiger partial charge in [-0.3, -0.25) is 0 Å². The number of unbranched alkanes of at least 4 members (excludes halogenated alkanes) is 5. The maximum atomic E-state index is 11.4. The van der Waals surface area contributed by atoms with Crippen molar-refractivity contribution in [2.45, 2.75) is 51.9 Å². The molecule has 0 amide bonds. The SMILES string of the molecule is CCCCCCCCc1ccccc1[O-].O=C([O-])[O-].[Ba+2]. The molecule has 0 saturated carbocycles. The van der Waals surface area contributed by atoms with Crippen molar-refractivity contribution in [1.29, 1.82) is 0 Å². The predicted octanol–water partition coefficient (Wildman–Crippen LogP) is 0.835. The topological polar surface area (TPSA) is 86.2 Å². The van der Waals surface area contributed by atoms with Crippen LogP contribution in [0.5, 0.6) is 5.75 Å². The van der Waals surface area contributed by atoms with Gasteiger partial charge in [0, 0.05) is 0 Å². The van der Waals surface area contributed by atoms with Crippen molar-refractivity contribution in [3.8, 4) is 5.75 Å². The summed E-state index contributed by atoms with van der Waals surface area (Å²) in [4.78, 5) is 8.33. The van der Waals surface area contributed by atoms with Crippen LogP contribution >= 0.6 is 0 Å². The van der Waals surface area contributed by atoms with Gasteiger partial charge in [0.2, 0.25) is 0 Å². The smallest absolute Gasteiger partial charge is 0.872 e. The first-order chi connectivity index (χ1) is 9.07. The predicted molar refractivity (Wildman–Crippen MR) is 74.1 cm³/mol. The fraction of sp³-hybridized carbons (Fsp3) is 0.533. The van der Waals surface area contributed by atoms with Gasteiger partial charge in [-0.2, -0.15) is 0 Å². The molecule has 1 rings (SSSR count). The number of rotatable bonds is 7. The van der Waals surface area contributed by atoms with Crippen LogP contribution < -0.4 is 15.3 Å². The van der Waals surface area contributed by atoms with Crippen LogP contribution in [0, 0.1) is 0 Å². The monoisotopic (exact) mass is 403 g/mol. The molecular weight excluding hydrogens is 381 g/mol. The molecule has 0 aliphatic heterocycles. The number of hydrogen-bond donors (Lipinski definition) is 0. The number of para-hydroxylation sites is 1. The van der Waals surface area contributed by atoms with Gasteiger partial charge in [0.1, 0.15) is 0 Å². The van der Waals surface area contributed by atoms with Gasteiger partial charge in [0.05, 0.1) is 0 Å². The van der Waals surface area contributed by atoms with Crippen LogP contribution in [0.25, 0.3) is 0 Å². The minimum Gasteiger partial charge on any atom is -0.872 e. The van der Waals surface area contributed by atoms with E-state index in [2.05, 4.69) is 6.92 Å². The van der Waals surface area contributed by atoms with E-state index >= 15 is 0 Å². The zero-order valence-corrected chi connectivity index (χ0v) is 16.5. The molecule has 0 aliphatic rings. The summed E-state index contributed by atoms with van der Waals surface area (Å²) in [6.07, 6.45) is 6.33. The van der Waals surface area contributed by atoms with Gasteiger partial charge in [-0.25, -0.2) is 0 Å². The molecule has 5 heteroatoms. The second-order valence-electron chi connectivity index (χ2n) is 4.38. The molecule has 0 heterocycles.